The van der Waals surface area contributed by atoms with Crippen molar-refractivity contribution in [1.29, 1.82) is 0 Å². The molecule has 1 aliphatic rings. The Labute approximate surface area is 256 Å². The van der Waals surface area contributed by atoms with Gasteiger partial charge in [-0.3, -0.25) is 9.48 Å². The summed E-state index contributed by atoms with van der Waals surface area (Å²) in [4.78, 5) is 36.3. The van der Waals surface area contributed by atoms with E-state index in [4.69, 9.17) is 14.7 Å². The maximum atomic E-state index is 12.6. The number of hydrogen-bond donors (Lipinski definition) is 2. The topological polar surface area (TPSA) is 114 Å². The molecule has 1 saturated heterocycles. The molecule has 0 unspecified atom stereocenters. The van der Waals surface area contributed by atoms with E-state index in [2.05, 4.69) is 45.8 Å². The summed E-state index contributed by atoms with van der Waals surface area (Å²) in [6.45, 7) is 8.47. The first-order valence-corrected chi connectivity index (χ1v) is 14.7. The zero-order chi connectivity index (χ0) is 30.8. The van der Waals surface area contributed by atoms with Crippen LogP contribution in [0.2, 0.25) is 0 Å². The Morgan fingerprint density at radius 3 is 2.11 bits per heavy atom. The number of urea groups is 1. The zero-order valence-corrected chi connectivity index (χ0v) is 25.3. The van der Waals surface area contributed by atoms with Crippen molar-refractivity contribution in [2.45, 2.75) is 27.2 Å². The number of rotatable bonds is 7. The van der Waals surface area contributed by atoms with Gasteiger partial charge in [0.2, 0.25) is 0 Å². The third-order valence-corrected chi connectivity index (χ3v) is 7.85. The van der Waals surface area contributed by atoms with Crippen LogP contribution in [0.25, 0.3) is 33.4 Å². The lowest BCUT2D eigenvalue weighted by Crippen LogP contribution is -2.37. The number of hydrogen-bond acceptors (Lipinski definition) is 7. The second-order valence-corrected chi connectivity index (χ2v) is 11.1. The van der Waals surface area contributed by atoms with Crippen molar-refractivity contribution >= 4 is 39.9 Å². The largest absolute Gasteiger partial charge is 0.378 e. The number of nitrogens with zero attached hydrogens (tertiary/aromatic N) is 5. The predicted octanol–water partition coefficient (Wildman–Crippen LogP) is 5.93. The van der Waals surface area contributed by atoms with E-state index < -0.39 is 0 Å². The Hall–Kier alpha value is -5.09. The highest BCUT2D eigenvalue weighted by Crippen LogP contribution is 2.34. The normalized spacial score (nSPS) is 13.2. The molecule has 5 aromatic rings. The molecule has 0 bridgehead atoms. The Morgan fingerprint density at radius 2 is 1.50 bits per heavy atom. The van der Waals surface area contributed by atoms with E-state index in [1.54, 1.807) is 19.1 Å². The second kappa shape index (κ2) is 12.3. The van der Waals surface area contributed by atoms with E-state index in [1.807, 2.05) is 55.1 Å². The van der Waals surface area contributed by atoms with Crippen LogP contribution in [0.1, 0.15) is 23.9 Å². The quantitative estimate of drug-likeness (QED) is 0.242. The first kappa shape index (κ1) is 29.0. The summed E-state index contributed by atoms with van der Waals surface area (Å²) < 4.78 is 7.51. The highest BCUT2D eigenvalue weighted by molar-refractivity contribution is 6.00. The molecular formula is C34H35N7O3. The second-order valence-electron chi connectivity index (χ2n) is 11.1. The fraction of sp³-hybridized carbons (Fsp3) is 0.265. The molecule has 6 rings (SSSR count). The van der Waals surface area contributed by atoms with Crippen LogP contribution in [0.5, 0.6) is 0 Å². The average Bonchev–Trinajstić information content (AvgIpc) is 3.28. The number of amides is 2. The minimum Gasteiger partial charge on any atom is -0.378 e. The molecule has 0 radical (unpaired) electrons. The minimum absolute atomic E-state index is 0.0953. The van der Waals surface area contributed by atoms with Crippen LogP contribution in [0.3, 0.4) is 0 Å². The molecule has 44 heavy (non-hydrogen) atoms. The van der Waals surface area contributed by atoms with Gasteiger partial charge in [0.1, 0.15) is 11.6 Å². The van der Waals surface area contributed by atoms with Crippen LogP contribution in [0.15, 0.2) is 66.7 Å². The van der Waals surface area contributed by atoms with Crippen LogP contribution in [0.4, 0.5) is 22.0 Å². The van der Waals surface area contributed by atoms with E-state index >= 15 is 0 Å². The van der Waals surface area contributed by atoms with Crippen LogP contribution in [-0.2, 0) is 23.0 Å². The maximum Gasteiger partial charge on any atom is 0.323 e. The number of aromatic nitrogens is 4. The van der Waals surface area contributed by atoms with Gasteiger partial charge in [0.25, 0.3) is 0 Å². The van der Waals surface area contributed by atoms with Crippen molar-refractivity contribution < 1.29 is 14.3 Å². The molecule has 10 nitrogen and oxygen atoms in total. The van der Waals surface area contributed by atoms with Gasteiger partial charge in [-0.25, -0.2) is 14.8 Å². The van der Waals surface area contributed by atoms with Gasteiger partial charge >= 0.3 is 6.03 Å². The number of fused-ring (bicyclic) bond motifs is 1. The summed E-state index contributed by atoms with van der Waals surface area (Å²) in [5.41, 5.74) is 8.14. The third kappa shape index (κ3) is 6.16. The molecule has 2 N–H and O–H groups in total. The first-order chi connectivity index (χ1) is 21.2. The maximum absolute atomic E-state index is 12.6. The molecule has 10 heteroatoms. The SMILES string of the molecule is CC(=O)Cc1ccc(NC(=O)Nc2ccc(-c3nc(N4CCOCC4)c4ccc(-c5c(C)nn(C)c5C)cc4n3)cc2)cc1. The lowest BCUT2D eigenvalue weighted by atomic mass is 10.0. The van der Waals surface area contributed by atoms with E-state index in [-0.39, 0.29) is 11.8 Å². The fourth-order valence-corrected chi connectivity index (χ4v) is 5.59. The van der Waals surface area contributed by atoms with E-state index in [1.165, 1.54) is 0 Å². The van der Waals surface area contributed by atoms with Crippen molar-refractivity contribution in [1.82, 2.24) is 19.7 Å². The molecule has 0 spiro atoms. The molecule has 3 heterocycles. The van der Waals surface area contributed by atoms with Gasteiger partial charge in [-0.1, -0.05) is 18.2 Å². The molecule has 0 atom stereocenters. The monoisotopic (exact) mass is 589 g/mol. The molecule has 2 amide bonds. The summed E-state index contributed by atoms with van der Waals surface area (Å²) >= 11 is 0. The number of Topliss-reactive ketones (excluding diaryl/α,β-unsaturated/α-hetero) is 1. The number of nitrogens with one attached hydrogen (secondary N) is 2. The van der Waals surface area contributed by atoms with E-state index in [9.17, 15) is 9.59 Å². The predicted molar refractivity (Wildman–Crippen MR) is 173 cm³/mol. The molecule has 2 aromatic heterocycles. The number of ketones is 1. The minimum atomic E-state index is -0.359. The molecule has 3 aromatic carbocycles. The number of carbonyl (C=O) groups excluding carboxylic acids is 2. The molecule has 1 aliphatic heterocycles. The number of benzene rings is 3. The summed E-state index contributed by atoms with van der Waals surface area (Å²) in [5.74, 6) is 1.59. The van der Waals surface area contributed by atoms with E-state index in [0.29, 0.717) is 36.8 Å². The van der Waals surface area contributed by atoms with Crippen LogP contribution >= 0.6 is 0 Å². The van der Waals surface area contributed by atoms with Crippen molar-refractivity contribution in [2.75, 3.05) is 41.8 Å². The third-order valence-electron chi connectivity index (χ3n) is 7.85. The number of aryl methyl sites for hydroxylation is 2. The number of anilines is 3. The van der Waals surface area contributed by atoms with Gasteiger partial charge in [-0.2, -0.15) is 5.10 Å². The smallest absolute Gasteiger partial charge is 0.323 e. The van der Waals surface area contributed by atoms with Crippen LogP contribution in [-0.4, -0.2) is 57.9 Å². The Bertz CT molecular complexity index is 1840. The average molecular weight is 590 g/mol. The molecule has 0 aliphatic carbocycles. The number of morpholine rings is 1. The van der Waals surface area contributed by atoms with Gasteiger partial charge in [-0.15, -0.1) is 0 Å². The van der Waals surface area contributed by atoms with Crippen molar-refractivity contribution in [3.8, 4) is 22.5 Å². The molecular weight excluding hydrogens is 554 g/mol. The lowest BCUT2D eigenvalue weighted by Gasteiger charge is -2.29. The Kier molecular flexibility index (Phi) is 8.08. The molecule has 1 fully saturated rings. The van der Waals surface area contributed by atoms with Crippen LogP contribution < -0.4 is 15.5 Å². The summed E-state index contributed by atoms with van der Waals surface area (Å²) in [6, 6.07) is 20.7. The summed E-state index contributed by atoms with van der Waals surface area (Å²) in [6.07, 6.45) is 0.374. The molecule has 224 valence electrons. The van der Waals surface area contributed by atoms with Crippen molar-refractivity contribution in [2.24, 2.45) is 7.05 Å². The van der Waals surface area contributed by atoms with Gasteiger partial charge in [-0.05, 0) is 80.4 Å². The molecule has 0 saturated carbocycles. The van der Waals surface area contributed by atoms with Gasteiger partial charge in [0, 0.05) is 60.1 Å². The lowest BCUT2D eigenvalue weighted by molar-refractivity contribution is -0.116. The summed E-state index contributed by atoms with van der Waals surface area (Å²) in [7, 11) is 1.96. The highest BCUT2D eigenvalue weighted by Gasteiger charge is 2.20. The first-order valence-electron chi connectivity index (χ1n) is 14.7. The van der Waals surface area contributed by atoms with Gasteiger partial charge in [0.15, 0.2) is 5.82 Å². The highest BCUT2D eigenvalue weighted by atomic mass is 16.5. The Balaban J connectivity index is 1.27. The fourth-order valence-electron chi connectivity index (χ4n) is 5.59. The Morgan fingerprint density at radius 1 is 0.864 bits per heavy atom. The number of ether oxygens (including phenoxy) is 1. The zero-order valence-electron chi connectivity index (χ0n) is 25.3. The standard InChI is InChI=1S/C34H35N7O3/c1-21(42)19-24-5-10-27(11-6-24)35-34(43)36-28-12-7-25(8-13-28)32-37-30-20-26(31-22(2)39-40(4)23(31)3)9-14-29(30)33(38-32)41-15-17-44-18-16-41/h5-14,20H,15-19H2,1-4H3,(H2,35,36,43). The van der Waals surface area contributed by atoms with E-state index in [0.717, 1.165) is 63.5 Å². The van der Waals surface area contributed by atoms with Crippen molar-refractivity contribution in [3.05, 3.63) is 83.7 Å². The summed E-state index contributed by atoms with van der Waals surface area (Å²) in [5, 5.41) is 11.3. The van der Waals surface area contributed by atoms with Crippen LogP contribution in [0, 0.1) is 13.8 Å². The van der Waals surface area contributed by atoms with Crippen molar-refractivity contribution in [3.63, 3.8) is 0 Å². The van der Waals surface area contributed by atoms with Gasteiger partial charge < -0.3 is 20.3 Å². The van der Waals surface area contributed by atoms with Gasteiger partial charge in [0.05, 0.1) is 24.4 Å². The number of carbonyl (C=O) groups is 2.